The van der Waals surface area contributed by atoms with Crippen LogP contribution in [0, 0.1) is 27.7 Å². The Bertz CT molecular complexity index is 861. The zero-order chi connectivity index (χ0) is 27.1. The molecule has 192 valence electrons. The predicted octanol–water partition coefficient (Wildman–Crippen LogP) is 10.8. The van der Waals surface area contributed by atoms with Crippen LogP contribution in [0.1, 0.15) is 134 Å². The van der Waals surface area contributed by atoms with Gasteiger partial charge in [-0.1, -0.05) is 99.6 Å². The van der Waals surface area contributed by atoms with Crippen molar-refractivity contribution >= 4 is 0 Å². The molecule has 0 unspecified atom stereocenters. The normalized spacial score (nSPS) is 16.7. The molecule has 0 aliphatic heterocycles. The number of allylic oxidation sites excluding steroid dienone is 1. The minimum absolute atomic E-state index is 0.189. The van der Waals surface area contributed by atoms with Gasteiger partial charge in [0.2, 0.25) is 0 Å². The Hall–Kier alpha value is -1.82. The van der Waals surface area contributed by atoms with Crippen LogP contribution in [0.25, 0.3) is 0 Å². The van der Waals surface area contributed by atoms with Crippen molar-refractivity contribution in [2.24, 2.45) is 0 Å². The fraction of sp³-hybridized carbons (Fsp3) is 0.588. The molecule has 2 aromatic rings. The maximum Gasteiger partial charge on any atom is 0.0225 e. The minimum atomic E-state index is 0.189. The van der Waals surface area contributed by atoms with Crippen molar-refractivity contribution in [2.75, 3.05) is 0 Å². The Morgan fingerprint density at radius 1 is 0.559 bits per heavy atom. The quantitative estimate of drug-likeness (QED) is 0.340. The SMILES string of the molecule is C=CC.CC.CC.CC.Cc1cc2c(cc1C)C1(CC2(C)C)CC(C)(C)c2cc(C)c(C)cc21. The van der Waals surface area contributed by atoms with Crippen LogP contribution >= 0.6 is 0 Å². The third-order valence-corrected chi connectivity index (χ3v) is 7.24. The molecule has 0 nitrogen and oxygen atoms in total. The van der Waals surface area contributed by atoms with E-state index in [2.05, 4.69) is 86.2 Å². The van der Waals surface area contributed by atoms with Crippen LogP contribution in [-0.4, -0.2) is 0 Å². The summed E-state index contributed by atoms with van der Waals surface area (Å²) in [5.41, 5.74) is 12.8. The van der Waals surface area contributed by atoms with E-state index in [0.29, 0.717) is 0 Å². The van der Waals surface area contributed by atoms with Crippen LogP contribution < -0.4 is 0 Å². The highest BCUT2D eigenvalue weighted by molar-refractivity contribution is 5.62. The Kier molecular flexibility index (Phi) is 12.1. The first kappa shape index (κ1) is 32.2. The Morgan fingerprint density at radius 2 is 0.765 bits per heavy atom. The van der Waals surface area contributed by atoms with Gasteiger partial charge in [-0.05, 0) is 103 Å². The van der Waals surface area contributed by atoms with Crippen molar-refractivity contribution < 1.29 is 0 Å². The maximum atomic E-state index is 3.36. The van der Waals surface area contributed by atoms with Crippen molar-refractivity contribution in [3.63, 3.8) is 0 Å². The van der Waals surface area contributed by atoms with Gasteiger partial charge in [-0.25, -0.2) is 0 Å². The van der Waals surface area contributed by atoms with Gasteiger partial charge in [-0.15, -0.1) is 6.58 Å². The van der Waals surface area contributed by atoms with E-state index in [1.807, 2.05) is 48.5 Å². The second kappa shape index (κ2) is 12.8. The van der Waals surface area contributed by atoms with E-state index in [1.54, 1.807) is 28.3 Å². The van der Waals surface area contributed by atoms with Crippen molar-refractivity contribution in [3.8, 4) is 0 Å². The standard InChI is InChI=1S/C25H32.C3H6.3C2H6/c1-15-9-19-21(11-17(15)3)25(13-23(19,5)6)14-24(7,8)20-10-16(2)18(4)12-22(20)25;1-3-2;3*1-2/h9-12H,13-14H2,1-8H3;3H,1H2,2H3;3*1-2H3. The molecule has 2 aliphatic carbocycles. The van der Waals surface area contributed by atoms with Gasteiger partial charge < -0.3 is 0 Å². The van der Waals surface area contributed by atoms with E-state index in [1.165, 1.54) is 35.1 Å². The maximum absolute atomic E-state index is 3.36. The highest BCUT2D eigenvalue weighted by Crippen LogP contribution is 2.63. The summed E-state index contributed by atoms with van der Waals surface area (Å²) in [5, 5.41) is 0. The molecule has 34 heavy (non-hydrogen) atoms. The highest BCUT2D eigenvalue weighted by Gasteiger charge is 2.56. The summed E-state index contributed by atoms with van der Waals surface area (Å²) in [6.07, 6.45) is 4.22. The van der Waals surface area contributed by atoms with Crippen molar-refractivity contribution in [1.29, 1.82) is 0 Å². The molecule has 0 radical (unpaired) electrons. The van der Waals surface area contributed by atoms with E-state index in [-0.39, 0.29) is 16.2 Å². The number of aryl methyl sites for hydroxylation is 4. The van der Waals surface area contributed by atoms with Crippen molar-refractivity contribution in [2.45, 2.75) is 133 Å². The molecule has 0 bridgehead atoms. The van der Waals surface area contributed by atoms with Crippen molar-refractivity contribution in [3.05, 3.63) is 81.4 Å². The molecule has 2 aliphatic rings. The van der Waals surface area contributed by atoms with Gasteiger partial charge in [0.15, 0.2) is 0 Å². The van der Waals surface area contributed by atoms with Gasteiger partial charge in [0, 0.05) is 5.41 Å². The van der Waals surface area contributed by atoms with Gasteiger partial charge in [0.25, 0.3) is 0 Å². The lowest BCUT2D eigenvalue weighted by molar-refractivity contribution is 0.349. The molecule has 2 aromatic carbocycles. The van der Waals surface area contributed by atoms with Crippen LogP contribution in [0.4, 0.5) is 0 Å². The number of hydrogen-bond acceptors (Lipinski definition) is 0. The summed E-state index contributed by atoms with van der Waals surface area (Å²) in [6.45, 7) is 36.1. The fourth-order valence-corrected chi connectivity index (χ4v) is 5.83. The number of benzene rings is 2. The smallest absolute Gasteiger partial charge is 0.0225 e. The van der Waals surface area contributed by atoms with Gasteiger partial charge in [-0.3, -0.25) is 0 Å². The molecule has 4 rings (SSSR count). The topological polar surface area (TPSA) is 0 Å². The van der Waals surface area contributed by atoms with Gasteiger partial charge >= 0.3 is 0 Å². The second-order valence-electron chi connectivity index (χ2n) is 10.6. The van der Waals surface area contributed by atoms with Crippen LogP contribution in [0.5, 0.6) is 0 Å². The lowest BCUT2D eigenvalue weighted by Gasteiger charge is -2.31. The molecule has 0 saturated heterocycles. The summed E-state index contributed by atoms with van der Waals surface area (Å²) in [4.78, 5) is 0. The van der Waals surface area contributed by atoms with Crippen LogP contribution in [-0.2, 0) is 16.2 Å². The average molecular weight is 465 g/mol. The van der Waals surface area contributed by atoms with Crippen LogP contribution in [0.3, 0.4) is 0 Å². The Labute approximate surface area is 214 Å². The number of rotatable bonds is 0. The molecule has 0 N–H and O–H groups in total. The molecule has 0 heteroatoms. The van der Waals surface area contributed by atoms with Crippen molar-refractivity contribution in [1.82, 2.24) is 0 Å². The molecular weight excluding hydrogens is 408 g/mol. The largest absolute Gasteiger partial charge is 0.103 e. The van der Waals surface area contributed by atoms with Gasteiger partial charge in [0.05, 0.1) is 0 Å². The highest BCUT2D eigenvalue weighted by atomic mass is 14.6. The molecule has 0 amide bonds. The summed E-state index contributed by atoms with van der Waals surface area (Å²) >= 11 is 0. The molecule has 0 saturated carbocycles. The second-order valence-corrected chi connectivity index (χ2v) is 10.6. The van der Waals surface area contributed by atoms with E-state index in [0.717, 1.165) is 0 Å². The minimum Gasteiger partial charge on any atom is -0.103 e. The first-order valence-electron chi connectivity index (χ1n) is 13.7. The van der Waals surface area contributed by atoms with Crippen LogP contribution in [0.2, 0.25) is 0 Å². The third kappa shape index (κ3) is 5.87. The van der Waals surface area contributed by atoms with Gasteiger partial charge in [-0.2, -0.15) is 0 Å². The zero-order valence-corrected chi connectivity index (χ0v) is 25.5. The first-order valence-corrected chi connectivity index (χ1v) is 13.7. The van der Waals surface area contributed by atoms with Gasteiger partial charge in [0.1, 0.15) is 0 Å². The summed E-state index contributed by atoms with van der Waals surface area (Å²) in [5.74, 6) is 0. The molecule has 0 heterocycles. The molecular formula is C34H56. The van der Waals surface area contributed by atoms with E-state index < -0.39 is 0 Å². The molecule has 1 spiro atoms. The van der Waals surface area contributed by atoms with Crippen LogP contribution in [0.15, 0.2) is 36.9 Å². The lowest BCUT2D eigenvalue weighted by Crippen LogP contribution is -2.27. The third-order valence-electron chi connectivity index (χ3n) is 7.24. The lowest BCUT2D eigenvalue weighted by atomic mass is 9.72. The predicted molar refractivity (Wildman–Crippen MR) is 158 cm³/mol. The molecule has 0 fully saturated rings. The van der Waals surface area contributed by atoms with E-state index in [9.17, 15) is 0 Å². The number of fused-ring (bicyclic) bond motifs is 4. The molecule has 0 aromatic heterocycles. The average Bonchev–Trinajstić information content (AvgIpc) is 3.13. The Morgan fingerprint density at radius 3 is 1.00 bits per heavy atom. The molecule has 0 atom stereocenters. The number of hydrogen-bond donors (Lipinski definition) is 0. The fourth-order valence-electron chi connectivity index (χ4n) is 5.83. The first-order chi connectivity index (χ1) is 15.9. The van der Waals surface area contributed by atoms with E-state index >= 15 is 0 Å². The zero-order valence-electron chi connectivity index (χ0n) is 25.5. The monoisotopic (exact) mass is 464 g/mol. The summed E-state index contributed by atoms with van der Waals surface area (Å²) < 4.78 is 0. The summed E-state index contributed by atoms with van der Waals surface area (Å²) in [6, 6.07) is 9.98. The Balaban J connectivity index is 0.00000108. The van der Waals surface area contributed by atoms with E-state index in [4.69, 9.17) is 0 Å². The summed E-state index contributed by atoms with van der Waals surface area (Å²) in [7, 11) is 0.